The molecule has 0 aliphatic heterocycles. The minimum Gasteiger partial charge on any atom is -0.494 e. The summed E-state index contributed by atoms with van der Waals surface area (Å²) >= 11 is 0. The number of ether oxygens (including phenoxy) is 1. The van der Waals surface area contributed by atoms with Crippen LogP contribution >= 0.6 is 0 Å². The molecule has 11 nitrogen and oxygen atoms in total. The number of nitro groups is 1. The maximum absolute atomic E-state index is 13.5. The SMILES string of the molecule is CCOc1ccc(S(=O)(=O)N(CC(=O)N/N=C\c2ccc(-c3ccc([N+](=O)[O-])cc3)o2)c2ccc(C)cc2)cc1. The summed E-state index contributed by atoms with van der Waals surface area (Å²) in [6, 6.07) is 21.9. The predicted molar refractivity (Wildman–Crippen MR) is 150 cm³/mol. The van der Waals surface area contributed by atoms with Gasteiger partial charge in [0.2, 0.25) is 0 Å². The smallest absolute Gasteiger partial charge is 0.269 e. The molecule has 0 aliphatic carbocycles. The van der Waals surface area contributed by atoms with Gasteiger partial charge in [-0.25, -0.2) is 13.8 Å². The number of nitro benzene ring substituents is 1. The van der Waals surface area contributed by atoms with Crippen molar-refractivity contribution in [2.45, 2.75) is 18.7 Å². The monoisotopic (exact) mass is 562 g/mol. The van der Waals surface area contributed by atoms with Gasteiger partial charge < -0.3 is 9.15 Å². The van der Waals surface area contributed by atoms with Crippen molar-refractivity contribution in [1.82, 2.24) is 5.43 Å². The van der Waals surface area contributed by atoms with Crippen LogP contribution in [0.2, 0.25) is 0 Å². The van der Waals surface area contributed by atoms with Crippen molar-refractivity contribution in [2.75, 3.05) is 17.5 Å². The molecule has 0 saturated heterocycles. The van der Waals surface area contributed by atoms with Gasteiger partial charge in [-0.05, 0) is 74.5 Å². The highest BCUT2D eigenvalue weighted by atomic mass is 32.2. The molecule has 4 rings (SSSR count). The van der Waals surface area contributed by atoms with E-state index >= 15 is 0 Å². The van der Waals surface area contributed by atoms with E-state index in [1.54, 1.807) is 60.7 Å². The number of carbonyl (C=O) groups excluding carboxylic acids is 1. The Labute approximate surface area is 230 Å². The highest BCUT2D eigenvalue weighted by molar-refractivity contribution is 7.92. The van der Waals surface area contributed by atoms with Gasteiger partial charge in [0.25, 0.3) is 21.6 Å². The number of hydrogen-bond acceptors (Lipinski definition) is 8. The van der Waals surface area contributed by atoms with Gasteiger partial charge in [-0.2, -0.15) is 5.10 Å². The van der Waals surface area contributed by atoms with Gasteiger partial charge in [-0.3, -0.25) is 19.2 Å². The molecular formula is C28H26N4O7S. The normalized spacial score (nSPS) is 11.3. The number of rotatable bonds is 11. The number of hydrogen-bond donors (Lipinski definition) is 1. The van der Waals surface area contributed by atoms with Crippen LogP contribution in [0.4, 0.5) is 11.4 Å². The van der Waals surface area contributed by atoms with E-state index in [1.807, 2.05) is 13.8 Å². The zero-order valence-corrected chi connectivity index (χ0v) is 22.5. The standard InChI is InChI=1S/C28H26N4O7S/c1-3-38-24-12-15-26(16-13-24)40(36,37)31(22-8-4-20(2)5-9-22)19-28(33)30-29-18-25-14-17-27(39-25)21-6-10-23(11-7-21)32(34)35/h4-18H,3,19H2,1-2H3,(H,30,33)/b29-18-. The van der Waals surface area contributed by atoms with Gasteiger partial charge in [-0.15, -0.1) is 0 Å². The first-order chi connectivity index (χ1) is 19.2. The summed E-state index contributed by atoms with van der Waals surface area (Å²) in [5.74, 6) is 0.624. The molecule has 4 aromatic rings. The molecule has 1 heterocycles. The van der Waals surface area contributed by atoms with E-state index in [-0.39, 0.29) is 10.6 Å². The van der Waals surface area contributed by atoms with Crippen LogP contribution in [0.1, 0.15) is 18.2 Å². The van der Waals surface area contributed by atoms with E-state index < -0.39 is 27.4 Å². The van der Waals surface area contributed by atoms with Crippen LogP contribution in [0.3, 0.4) is 0 Å². The fourth-order valence-corrected chi connectivity index (χ4v) is 5.11. The second-order valence-electron chi connectivity index (χ2n) is 8.55. The lowest BCUT2D eigenvalue weighted by Crippen LogP contribution is -2.39. The average molecular weight is 563 g/mol. The Balaban J connectivity index is 1.48. The number of carbonyl (C=O) groups is 1. The molecule has 3 aromatic carbocycles. The fourth-order valence-electron chi connectivity index (χ4n) is 3.69. The predicted octanol–water partition coefficient (Wildman–Crippen LogP) is 4.91. The van der Waals surface area contributed by atoms with Crippen LogP contribution in [0, 0.1) is 17.0 Å². The summed E-state index contributed by atoms with van der Waals surface area (Å²) in [6.45, 7) is 3.62. The van der Waals surface area contributed by atoms with E-state index in [0.29, 0.717) is 35.1 Å². The molecule has 1 aromatic heterocycles. The summed E-state index contributed by atoms with van der Waals surface area (Å²) in [5, 5.41) is 14.7. The van der Waals surface area contributed by atoms with Crippen molar-refractivity contribution in [3.8, 4) is 17.1 Å². The maximum Gasteiger partial charge on any atom is 0.269 e. The van der Waals surface area contributed by atoms with E-state index in [1.165, 1.54) is 30.5 Å². The lowest BCUT2D eigenvalue weighted by Gasteiger charge is -2.24. The van der Waals surface area contributed by atoms with Crippen molar-refractivity contribution in [1.29, 1.82) is 0 Å². The van der Waals surface area contributed by atoms with E-state index in [4.69, 9.17) is 9.15 Å². The quantitative estimate of drug-likeness (QED) is 0.155. The number of non-ortho nitro benzene ring substituents is 1. The zero-order chi connectivity index (χ0) is 28.7. The van der Waals surface area contributed by atoms with Gasteiger partial charge in [0.05, 0.1) is 28.3 Å². The van der Waals surface area contributed by atoms with Crippen molar-refractivity contribution in [2.24, 2.45) is 5.10 Å². The third-order valence-corrected chi connectivity index (χ3v) is 7.49. The third-order valence-electron chi connectivity index (χ3n) is 5.70. The number of benzene rings is 3. The second-order valence-corrected chi connectivity index (χ2v) is 10.4. The van der Waals surface area contributed by atoms with Crippen LogP contribution in [0.15, 0.2) is 99.3 Å². The molecule has 0 saturated carbocycles. The van der Waals surface area contributed by atoms with Gasteiger partial charge >= 0.3 is 0 Å². The fraction of sp³-hybridized carbons (Fsp3) is 0.143. The molecule has 40 heavy (non-hydrogen) atoms. The Morgan fingerprint density at radius 1 is 1.02 bits per heavy atom. The molecule has 1 N–H and O–H groups in total. The topological polar surface area (TPSA) is 144 Å². The first-order valence-corrected chi connectivity index (χ1v) is 13.6. The highest BCUT2D eigenvalue weighted by Crippen LogP contribution is 2.26. The van der Waals surface area contributed by atoms with Crippen molar-refractivity contribution in [3.05, 3.63) is 106 Å². The van der Waals surface area contributed by atoms with Crippen LogP contribution in [0.5, 0.6) is 5.75 Å². The van der Waals surface area contributed by atoms with Crippen LogP contribution in [0.25, 0.3) is 11.3 Å². The Kier molecular flexibility index (Phi) is 8.60. The minimum absolute atomic E-state index is 0.00203. The molecular weight excluding hydrogens is 536 g/mol. The molecule has 0 spiro atoms. The summed E-state index contributed by atoms with van der Waals surface area (Å²) in [6.07, 6.45) is 1.27. The van der Waals surface area contributed by atoms with Gasteiger partial charge in [-0.1, -0.05) is 17.7 Å². The number of sulfonamides is 1. The zero-order valence-electron chi connectivity index (χ0n) is 21.7. The molecule has 0 atom stereocenters. The minimum atomic E-state index is -4.10. The van der Waals surface area contributed by atoms with Crippen LogP contribution in [-0.2, 0) is 14.8 Å². The van der Waals surface area contributed by atoms with Crippen molar-refractivity contribution < 1.29 is 27.3 Å². The number of aryl methyl sites for hydroxylation is 1. The molecule has 0 aliphatic rings. The molecule has 0 radical (unpaired) electrons. The second kappa shape index (κ2) is 12.3. The third kappa shape index (κ3) is 6.72. The largest absolute Gasteiger partial charge is 0.494 e. The number of nitrogens with zero attached hydrogens (tertiary/aromatic N) is 3. The molecule has 0 bridgehead atoms. The average Bonchev–Trinajstić information content (AvgIpc) is 3.42. The van der Waals surface area contributed by atoms with Crippen molar-refractivity contribution >= 4 is 33.5 Å². The summed E-state index contributed by atoms with van der Waals surface area (Å²) < 4.78 is 39.1. The number of amides is 1. The molecule has 0 unspecified atom stereocenters. The van der Waals surface area contributed by atoms with Gasteiger partial charge in [0, 0.05) is 17.7 Å². The maximum atomic E-state index is 13.5. The first-order valence-electron chi connectivity index (χ1n) is 12.2. The Morgan fingerprint density at radius 3 is 2.33 bits per heavy atom. The lowest BCUT2D eigenvalue weighted by atomic mass is 10.1. The van der Waals surface area contributed by atoms with Crippen molar-refractivity contribution in [3.63, 3.8) is 0 Å². The number of furan rings is 1. The lowest BCUT2D eigenvalue weighted by molar-refractivity contribution is -0.384. The van der Waals surface area contributed by atoms with Gasteiger partial charge in [0.15, 0.2) is 0 Å². The summed E-state index contributed by atoms with van der Waals surface area (Å²) in [4.78, 5) is 23.1. The van der Waals surface area contributed by atoms with E-state index in [9.17, 15) is 23.3 Å². The molecule has 206 valence electrons. The number of nitrogens with one attached hydrogen (secondary N) is 1. The molecule has 0 fully saturated rings. The summed E-state index contributed by atoms with van der Waals surface area (Å²) in [7, 11) is -4.10. The number of anilines is 1. The highest BCUT2D eigenvalue weighted by Gasteiger charge is 2.27. The van der Waals surface area contributed by atoms with E-state index in [0.717, 1.165) is 9.87 Å². The molecule has 12 heteroatoms. The van der Waals surface area contributed by atoms with Gasteiger partial charge in [0.1, 0.15) is 23.8 Å². The Bertz CT molecular complexity index is 1610. The van der Waals surface area contributed by atoms with Crippen LogP contribution < -0.4 is 14.5 Å². The van der Waals surface area contributed by atoms with Crippen LogP contribution in [-0.4, -0.2) is 38.6 Å². The molecule has 1 amide bonds. The first kappa shape index (κ1) is 28.0. The Hall–Kier alpha value is -4.97. The Morgan fingerprint density at radius 2 is 1.70 bits per heavy atom. The van der Waals surface area contributed by atoms with E-state index in [2.05, 4.69) is 10.5 Å². The number of hydrazone groups is 1. The summed E-state index contributed by atoms with van der Waals surface area (Å²) in [5.41, 5.74) is 4.17.